The summed E-state index contributed by atoms with van der Waals surface area (Å²) >= 11 is 0. The van der Waals surface area contributed by atoms with Gasteiger partial charge in [-0.25, -0.2) is 0 Å². The first kappa shape index (κ1) is 15.2. The van der Waals surface area contributed by atoms with Gasteiger partial charge in [-0.2, -0.15) is 0 Å². The van der Waals surface area contributed by atoms with E-state index in [9.17, 15) is 4.79 Å². The molecule has 0 heterocycles. The molecular weight excluding hydrogens is 200 g/mol. The van der Waals surface area contributed by atoms with Gasteiger partial charge >= 0.3 is 0 Å². The first-order valence-corrected chi connectivity index (χ1v) is 6.07. The number of hydrogen-bond acceptors (Lipinski definition) is 2. The highest BCUT2D eigenvalue weighted by molar-refractivity contribution is 5.75. The summed E-state index contributed by atoms with van der Waals surface area (Å²) in [5.74, 6) is 1.36. The second-order valence-electron chi connectivity index (χ2n) is 4.68. The maximum atomic E-state index is 11.7. The maximum Gasteiger partial charge on any atom is 0.222 e. The molecule has 94 valence electrons. The van der Waals surface area contributed by atoms with Crippen molar-refractivity contribution >= 4 is 5.91 Å². The Balaban J connectivity index is 3.99. The molecule has 0 rings (SSSR count). The summed E-state index contributed by atoms with van der Waals surface area (Å²) in [7, 11) is 1.82. The molecule has 1 atom stereocenters. The van der Waals surface area contributed by atoms with Crippen LogP contribution in [-0.4, -0.2) is 30.9 Å². The summed E-state index contributed by atoms with van der Waals surface area (Å²) in [6.45, 7) is 9.35. The van der Waals surface area contributed by atoms with Gasteiger partial charge < -0.3 is 10.6 Å². The summed E-state index contributed by atoms with van der Waals surface area (Å²) in [5.41, 5.74) is 5.57. The highest BCUT2D eigenvalue weighted by Crippen LogP contribution is 2.20. The molecule has 1 unspecified atom stereocenters. The van der Waals surface area contributed by atoms with Crippen molar-refractivity contribution in [2.75, 3.05) is 20.1 Å². The SMILES string of the molecule is C=CCN(C)C(=O)CCC(CCN)C(C)C. The lowest BCUT2D eigenvalue weighted by Gasteiger charge is -2.21. The zero-order chi connectivity index (χ0) is 12.6. The van der Waals surface area contributed by atoms with Crippen LogP contribution >= 0.6 is 0 Å². The second kappa shape index (κ2) is 8.34. The quantitative estimate of drug-likeness (QED) is 0.644. The Morgan fingerprint density at radius 3 is 2.50 bits per heavy atom. The van der Waals surface area contributed by atoms with E-state index in [-0.39, 0.29) is 5.91 Å². The molecule has 0 aromatic heterocycles. The van der Waals surface area contributed by atoms with Gasteiger partial charge in [-0.3, -0.25) is 4.79 Å². The molecule has 0 aromatic rings. The van der Waals surface area contributed by atoms with Crippen molar-refractivity contribution in [3.05, 3.63) is 12.7 Å². The topological polar surface area (TPSA) is 46.3 Å². The first-order valence-electron chi connectivity index (χ1n) is 6.07. The Hall–Kier alpha value is -0.830. The van der Waals surface area contributed by atoms with Crippen molar-refractivity contribution in [1.29, 1.82) is 0 Å². The first-order chi connectivity index (χ1) is 7.52. The molecule has 0 aromatic carbocycles. The predicted octanol–water partition coefficient (Wildman–Crippen LogP) is 2.03. The van der Waals surface area contributed by atoms with E-state index >= 15 is 0 Å². The third-order valence-electron chi connectivity index (χ3n) is 3.04. The molecular formula is C13H26N2O. The molecule has 0 aliphatic carbocycles. The van der Waals surface area contributed by atoms with Crippen LogP contribution in [0.1, 0.15) is 33.1 Å². The van der Waals surface area contributed by atoms with Crippen LogP contribution in [0.3, 0.4) is 0 Å². The molecule has 0 fully saturated rings. The average Bonchev–Trinajstić information content (AvgIpc) is 2.23. The Bertz CT molecular complexity index is 214. The van der Waals surface area contributed by atoms with Crippen molar-refractivity contribution in [2.24, 2.45) is 17.6 Å². The van der Waals surface area contributed by atoms with E-state index in [0.717, 1.165) is 12.8 Å². The fourth-order valence-electron chi connectivity index (χ4n) is 1.82. The zero-order valence-corrected chi connectivity index (χ0v) is 10.9. The summed E-state index contributed by atoms with van der Waals surface area (Å²) in [5, 5.41) is 0. The van der Waals surface area contributed by atoms with Gasteiger partial charge in [-0.15, -0.1) is 6.58 Å². The van der Waals surface area contributed by atoms with Crippen LogP contribution in [0.4, 0.5) is 0 Å². The Morgan fingerprint density at radius 2 is 2.06 bits per heavy atom. The molecule has 1 amide bonds. The fourth-order valence-corrected chi connectivity index (χ4v) is 1.82. The Labute approximate surface area is 99.7 Å². The number of amides is 1. The molecule has 0 saturated heterocycles. The summed E-state index contributed by atoms with van der Waals surface area (Å²) in [6.07, 6.45) is 4.32. The van der Waals surface area contributed by atoms with E-state index in [0.29, 0.717) is 31.3 Å². The molecule has 3 heteroatoms. The van der Waals surface area contributed by atoms with E-state index in [1.807, 2.05) is 7.05 Å². The van der Waals surface area contributed by atoms with Crippen molar-refractivity contribution in [3.63, 3.8) is 0 Å². The number of nitrogens with two attached hydrogens (primary N) is 1. The fraction of sp³-hybridized carbons (Fsp3) is 0.769. The number of hydrogen-bond donors (Lipinski definition) is 1. The van der Waals surface area contributed by atoms with Gasteiger partial charge in [0, 0.05) is 20.0 Å². The molecule has 0 saturated carbocycles. The minimum Gasteiger partial charge on any atom is -0.342 e. The van der Waals surface area contributed by atoms with Crippen LogP contribution in [0.5, 0.6) is 0 Å². The largest absolute Gasteiger partial charge is 0.342 e. The number of likely N-dealkylation sites (N-methyl/N-ethyl adjacent to an activating group) is 1. The predicted molar refractivity (Wildman–Crippen MR) is 69.1 cm³/mol. The average molecular weight is 226 g/mol. The van der Waals surface area contributed by atoms with Gasteiger partial charge in [0.15, 0.2) is 0 Å². The van der Waals surface area contributed by atoms with Gasteiger partial charge in [0.05, 0.1) is 0 Å². The number of nitrogens with zero attached hydrogens (tertiary/aromatic N) is 1. The van der Waals surface area contributed by atoms with Crippen LogP contribution in [0.15, 0.2) is 12.7 Å². The Morgan fingerprint density at radius 1 is 1.44 bits per heavy atom. The molecule has 0 bridgehead atoms. The van der Waals surface area contributed by atoms with Gasteiger partial charge in [-0.05, 0) is 31.2 Å². The maximum absolute atomic E-state index is 11.7. The zero-order valence-electron chi connectivity index (χ0n) is 10.9. The molecule has 0 spiro atoms. The van der Waals surface area contributed by atoms with E-state index < -0.39 is 0 Å². The highest BCUT2D eigenvalue weighted by Gasteiger charge is 2.15. The minimum atomic E-state index is 0.197. The smallest absolute Gasteiger partial charge is 0.222 e. The third kappa shape index (κ3) is 5.91. The molecule has 16 heavy (non-hydrogen) atoms. The summed E-state index contributed by atoms with van der Waals surface area (Å²) in [4.78, 5) is 13.4. The molecule has 2 N–H and O–H groups in total. The molecule has 3 nitrogen and oxygen atoms in total. The van der Waals surface area contributed by atoms with Crippen molar-refractivity contribution in [3.8, 4) is 0 Å². The molecule has 0 aliphatic rings. The van der Waals surface area contributed by atoms with Gasteiger partial charge in [0.1, 0.15) is 0 Å². The van der Waals surface area contributed by atoms with E-state index in [1.165, 1.54) is 0 Å². The Kier molecular flexibility index (Phi) is 7.90. The summed E-state index contributed by atoms with van der Waals surface area (Å²) in [6, 6.07) is 0. The summed E-state index contributed by atoms with van der Waals surface area (Å²) < 4.78 is 0. The highest BCUT2D eigenvalue weighted by atomic mass is 16.2. The molecule has 0 aliphatic heterocycles. The van der Waals surface area contributed by atoms with Crippen LogP contribution in [-0.2, 0) is 4.79 Å². The van der Waals surface area contributed by atoms with Crippen LogP contribution < -0.4 is 5.73 Å². The second-order valence-corrected chi connectivity index (χ2v) is 4.68. The normalized spacial score (nSPS) is 12.6. The van der Waals surface area contributed by atoms with Crippen molar-refractivity contribution in [2.45, 2.75) is 33.1 Å². The van der Waals surface area contributed by atoms with Crippen molar-refractivity contribution in [1.82, 2.24) is 4.90 Å². The van der Waals surface area contributed by atoms with Crippen LogP contribution in [0.2, 0.25) is 0 Å². The number of carbonyl (C=O) groups excluding carboxylic acids is 1. The van der Waals surface area contributed by atoms with Gasteiger partial charge in [0.2, 0.25) is 5.91 Å². The lowest BCUT2D eigenvalue weighted by Crippen LogP contribution is -2.27. The van der Waals surface area contributed by atoms with Gasteiger partial charge in [-0.1, -0.05) is 19.9 Å². The molecule has 0 radical (unpaired) electrons. The number of carbonyl (C=O) groups is 1. The van der Waals surface area contributed by atoms with E-state index in [1.54, 1.807) is 11.0 Å². The monoisotopic (exact) mass is 226 g/mol. The minimum absolute atomic E-state index is 0.197. The van der Waals surface area contributed by atoms with E-state index in [2.05, 4.69) is 20.4 Å². The number of rotatable bonds is 8. The van der Waals surface area contributed by atoms with Gasteiger partial charge in [0.25, 0.3) is 0 Å². The van der Waals surface area contributed by atoms with Crippen molar-refractivity contribution < 1.29 is 4.79 Å². The van der Waals surface area contributed by atoms with E-state index in [4.69, 9.17) is 5.73 Å². The van der Waals surface area contributed by atoms with Crippen LogP contribution in [0.25, 0.3) is 0 Å². The lowest BCUT2D eigenvalue weighted by molar-refractivity contribution is -0.129. The third-order valence-corrected chi connectivity index (χ3v) is 3.04. The lowest BCUT2D eigenvalue weighted by atomic mass is 9.88. The van der Waals surface area contributed by atoms with Crippen LogP contribution in [0, 0.1) is 11.8 Å². The standard InChI is InChI=1S/C13H26N2O/c1-5-10-15(4)13(16)7-6-12(8-9-14)11(2)3/h5,11-12H,1,6-10,14H2,2-4H3.